The van der Waals surface area contributed by atoms with E-state index < -0.39 is 18.7 Å². The molecule has 0 radical (unpaired) electrons. The minimum atomic E-state index is -0.679. The van der Waals surface area contributed by atoms with Gasteiger partial charge in [-0.2, -0.15) is 0 Å². The summed E-state index contributed by atoms with van der Waals surface area (Å²) in [5.74, 6) is -0.530. The number of hydrogen-bond donors (Lipinski definition) is 2. The monoisotopic (exact) mass is 386 g/mol. The summed E-state index contributed by atoms with van der Waals surface area (Å²) < 4.78 is 0. The Morgan fingerprint density at radius 3 is 2.43 bits per heavy atom. The molecule has 0 aliphatic carbocycles. The molecule has 2 N–H and O–H groups in total. The Labute approximate surface area is 166 Å². The minimum absolute atomic E-state index is 0.00833. The summed E-state index contributed by atoms with van der Waals surface area (Å²) in [6.07, 6.45) is 4.38. The van der Waals surface area contributed by atoms with E-state index in [-0.39, 0.29) is 23.5 Å². The number of nitrogens with zero attached hydrogens (tertiary/aromatic N) is 1. The highest BCUT2D eigenvalue weighted by Crippen LogP contribution is 2.29. The highest BCUT2D eigenvalue weighted by molar-refractivity contribution is 5.97. The third-order valence-corrected chi connectivity index (χ3v) is 5.95. The number of carbonyl (C=O) groups excluding carboxylic acids is 3. The van der Waals surface area contributed by atoms with Crippen LogP contribution >= 0.6 is 0 Å². The van der Waals surface area contributed by atoms with Gasteiger partial charge in [0.2, 0.25) is 5.91 Å². The summed E-state index contributed by atoms with van der Waals surface area (Å²) in [6, 6.07) is 8.75. The summed E-state index contributed by atoms with van der Waals surface area (Å²) in [5, 5.41) is 12.6. The molecule has 2 aliphatic heterocycles. The fraction of sp³-hybridized carbons (Fsp3) is 0.591. The molecule has 0 spiro atoms. The second kappa shape index (κ2) is 9.43. The van der Waals surface area contributed by atoms with E-state index in [0.29, 0.717) is 31.7 Å². The van der Waals surface area contributed by atoms with Gasteiger partial charge in [-0.25, -0.2) is 0 Å². The van der Waals surface area contributed by atoms with E-state index in [1.54, 1.807) is 0 Å². The van der Waals surface area contributed by atoms with Crippen molar-refractivity contribution >= 4 is 17.5 Å². The van der Waals surface area contributed by atoms with Gasteiger partial charge in [0.25, 0.3) is 0 Å². The smallest absolute Gasteiger partial charge is 0.223 e. The van der Waals surface area contributed by atoms with Gasteiger partial charge in [0, 0.05) is 12.5 Å². The van der Waals surface area contributed by atoms with Gasteiger partial charge >= 0.3 is 0 Å². The van der Waals surface area contributed by atoms with E-state index in [4.69, 9.17) is 0 Å². The summed E-state index contributed by atoms with van der Waals surface area (Å²) in [6.45, 7) is 1.45. The van der Waals surface area contributed by atoms with Crippen molar-refractivity contribution in [2.24, 2.45) is 0 Å². The number of aliphatic hydroxyl groups is 1. The number of carbonyl (C=O) groups is 3. The Hall–Kier alpha value is -2.05. The van der Waals surface area contributed by atoms with Crippen LogP contribution < -0.4 is 5.32 Å². The maximum absolute atomic E-state index is 13.0. The van der Waals surface area contributed by atoms with Gasteiger partial charge in [0.05, 0.1) is 18.1 Å². The van der Waals surface area contributed by atoms with E-state index in [0.717, 1.165) is 24.8 Å². The summed E-state index contributed by atoms with van der Waals surface area (Å²) >= 11 is 0. The number of aryl methyl sites for hydroxylation is 1. The third-order valence-electron chi connectivity index (χ3n) is 5.95. The van der Waals surface area contributed by atoms with E-state index in [1.807, 2.05) is 37.3 Å². The molecule has 6 heteroatoms. The molecule has 28 heavy (non-hydrogen) atoms. The molecule has 2 saturated heterocycles. The number of ketones is 2. The lowest BCUT2D eigenvalue weighted by molar-refractivity contribution is -0.144. The average Bonchev–Trinajstić information content (AvgIpc) is 3.34. The fourth-order valence-corrected chi connectivity index (χ4v) is 4.46. The van der Waals surface area contributed by atoms with Gasteiger partial charge in [-0.1, -0.05) is 30.3 Å². The lowest BCUT2D eigenvalue weighted by Crippen LogP contribution is -2.52. The molecule has 2 aliphatic rings. The van der Waals surface area contributed by atoms with Crippen LogP contribution in [0.5, 0.6) is 0 Å². The fourth-order valence-electron chi connectivity index (χ4n) is 4.46. The Kier molecular flexibility index (Phi) is 6.97. The second-order valence-corrected chi connectivity index (χ2v) is 7.97. The topological polar surface area (TPSA) is 86.7 Å². The van der Waals surface area contributed by atoms with Gasteiger partial charge in [-0.05, 0) is 51.0 Å². The number of hydrogen-bond acceptors (Lipinski definition) is 5. The van der Waals surface area contributed by atoms with Crippen LogP contribution in [0.25, 0.3) is 0 Å². The first-order valence-corrected chi connectivity index (χ1v) is 10.3. The van der Waals surface area contributed by atoms with Crippen molar-refractivity contribution in [1.29, 1.82) is 0 Å². The molecule has 4 atom stereocenters. The number of Topliss-reactive ketones (excluding diaryl/α,β-unsaturated/α-hetero) is 2. The van der Waals surface area contributed by atoms with Gasteiger partial charge in [-0.3, -0.25) is 14.4 Å². The number of amides is 1. The van der Waals surface area contributed by atoms with Gasteiger partial charge in [-0.15, -0.1) is 0 Å². The molecule has 1 aromatic rings. The molecular weight excluding hydrogens is 356 g/mol. The summed E-state index contributed by atoms with van der Waals surface area (Å²) in [5.41, 5.74) is 1.16. The highest BCUT2D eigenvalue weighted by Gasteiger charge is 2.45. The number of benzene rings is 1. The molecule has 1 aromatic carbocycles. The summed E-state index contributed by atoms with van der Waals surface area (Å²) in [4.78, 5) is 39.7. The van der Waals surface area contributed by atoms with E-state index in [2.05, 4.69) is 5.32 Å². The van der Waals surface area contributed by atoms with Crippen molar-refractivity contribution in [2.75, 3.05) is 6.61 Å². The van der Waals surface area contributed by atoms with Crippen LogP contribution in [0.1, 0.15) is 51.0 Å². The van der Waals surface area contributed by atoms with Crippen molar-refractivity contribution in [3.05, 3.63) is 35.9 Å². The standard InChI is InChI=1S/C22H30N2O4/c1-15-10-11-17(23-15)22(28)19-13-12-18(20(26)14-25)24(19)21(27)9-5-8-16-6-3-2-4-7-16/h2-4,6-7,15,17-19,23,25H,5,8-14H2,1H3/t15?,17-,18+,19-/m0/s1. The van der Waals surface area contributed by atoms with Crippen molar-refractivity contribution in [3.63, 3.8) is 0 Å². The van der Waals surface area contributed by atoms with Crippen LogP contribution in [-0.2, 0) is 20.8 Å². The van der Waals surface area contributed by atoms with E-state index in [9.17, 15) is 19.5 Å². The minimum Gasteiger partial charge on any atom is -0.389 e. The average molecular weight is 386 g/mol. The first-order valence-electron chi connectivity index (χ1n) is 10.3. The van der Waals surface area contributed by atoms with Crippen molar-refractivity contribution in [3.8, 4) is 0 Å². The van der Waals surface area contributed by atoms with Gasteiger partial charge < -0.3 is 15.3 Å². The van der Waals surface area contributed by atoms with Gasteiger partial charge in [0.15, 0.2) is 11.6 Å². The maximum Gasteiger partial charge on any atom is 0.223 e. The Balaban J connectivity index is 1.67. The molecule has 2 fully saturated rings. The van der Waals surface area contributed by atoms with Crippen molar-refractivity contribution in [1.82, 2.24) is 10.2 Å². The molecule has 2 heterocycles. The predicted molar refractivity (Wildman–Crippen MR) is 106 cm³/mol. The van der Waals surface area contributed by atoms with Crippen LogP contribution in [0.4, 0.5) is 0 Å². The maximum atomic E-state index is 13.0. The molecular formula is C22H30N2O4. The van der Waals surface area contributed by atoms with E-state index >= 15 is 0 Å². The molecule has 0 aromatic heterocycles. The van der Waals surface area contributed by atoms with Crippen molar-refractivity contribution < 1.29 is 19.5 Å². The normalized spacial score (nSPS) is 27.1. The first-order chi connectivity index (χ1) is 13.5. The van der Waals surface area contributed by atoms with Crippen LogP contribution in [0.3, 0.4) is 0 Å². The predicted octanol–water partition coefficient (Wildman–Crippen LogP) is 1.64. The Morgan fingerprint density at radius 1 is 1.07 bits per heavy atom. The molecule has 6 nitrogen and oxygen atoms in total. The zero-order valence-electron chi connectivity index (χ0n) is 16.5. The number of aliphatic hydroxyl groups excluding tert-OH is 1. The largest absolute Gasteiger partial charge is 0.389 e. The lowest BCUT2D eigenvalue weighted by Gasteiger charge is -2.30. The van der Waals surface area contributed by atoms with Gasteiger partial charge in [0.1, 0.15) is 6.61 Å². The molecule has 0 bridgehead atoms. The zero-order chi connectivity index (χ0) is 20.1. The quantitative estimate of drug-likeness (QED) is 0.709. The van der Waals surface area contributed by atoms with Crippen molar-refractivity contribution in [2.45, 2.75) is 76.0 Å². The first kappa shape index (κ1) is 20.7. The molecule has 3 rings (SSSR count). The third kappa shape index (κ3) is 4.67. The highest BCUT2D eigenvalue weighted by atomic mass is 16.3. The summed E-state index contributed by atoms with van der Waals surface area (Å²) in [7, 11) is 0. The van der Waals surface area contributed by atoms with E-state index in [1.165, 1.54) is 4.90 Å². The second-order valence-electron chi connectivity index (χ2n) is 7.97. The van der Waals surface area contributed by atoms with Crippen LogP contribution in [0.2, 0.25) is 0 Å². The Morgan fingerprint density at radius 2 is 1.79 bits per heavy atom. The Bertz CT molecular complexity index is 706. The SMILES string of the molecule is CC1CC[C@@H](C(=O)[C@@H]2CC[C@H](C(=O)CO)N2C(=O)CCCc2ccccc2)N1. The molecule has 152 valence electrons. The molecule has 1 amide bonds. The number of rotatable bonds is 8. The molecule has 1 unspecified atom stereocenters. The van der Waals surface area contributed by atoms with Crippen LogP contribution in [0, 0.1) is 0 Å². The molecule has 0 saturated carbocycles. The van der Waals surface area contributed by atoms with Crippen LogP contribution in [0.15, 0.2) is 30.3 Å². The van der Waals surface area contributed by atoms with Crippen LogP contribution in [-0.4, -0.2) is 58.3 Å². The zero-order valence-corrected chi connectivity index (χ0v) is 16.5. The number of likely N-dealkylation sites (tertiary alicyclic amines) is 1. The number of nitrogens with one attached hydrogen (secondary N) is 1. The lowest BCUT2D eigenvalue weighted by atomic mass is 10.0.